The molecular weight excluding hydrogens is 342 g/mol. The maximum Gasteiger partial charge on any atom is 0.278 e. The van der Waals surface area contributed by atoms with Crippen LogP contribution in [0, 0.1) is 0 Å². The summed E-state index contributed by atoms with van der Waals surface area (Å²) in [7, 11) is 0. The van der Waals surface area contributed by atoms with Gasteiger partial charge in [0, 0.05) is 24.5 Å². The van der Waals surface area contributed by atoms with Crippen molar-refractivity contribution in [2.45, 2.75) is 25.8 Å². The Kier molecular flexibility index (Phi) is 4.82. The summed E-state index contributed by atoms with van der Waals surface area (Å²) in [6, 6.07) is 14.8. The van der Waals surface area contributed by atoms with E-state index in [1.807, 2.05) is 18.2 Å². The first-order chi connectivity index (χ1) is 13.2. The second kappa shape index (κ2) is 7.57. The summed E-state index contributed by atoms with van der Waals surface area (Å²) in [6.45, 7) is 1.91. The van der Waals surface area contributed by atoms with Gasteiger partial charge < -0.3 is 10.2 Å². The zero-order valence-electron chi connectivity index (χ0n) is 15.0. The third kappa shape index (κ3) is 3.81. The van der Waals surface area contributed by atoms with E-state index in [0.29, 0.717) is 16.6 Å². The van der Waals surface area contributed by atoms with Crippen LogP contribution in [0.1, 0.15) is 19.3 Å². The van der Waals surface area contributed by atoms with Crippen LogP contribution in [-0.2, 0) is 11.3 Å². The number of amides is 1. The second-order valence-corrected chi connectivity index (χ2v) is 6.72. The predicted molar refractivity (Wildman–Crippen MR) is 105 cm³/mol. The van der Waals surface area contributed by atoms with Crippen LogP contribution in [0.15, 0.2) is 53.3 Å². The molecule has 0 bridgehead atoms. The van der Waals surface area contributed by atoms with Crippen molar-refractivity contribution in [2.24, 2.45) is 0 Å². The summed E-state index contributed by atoms with van der Waals surface area (Å²) < 4.78 is 1.09. The van der Waals surface area contributed by atoms with E-state index in [-0.39, 0.29) is 18.0 Å². The molecule has 2 aromatic carbocycles. The highest BCUT2D eigenvalue weighted by Crippen LogP contribution is 2.23. The fourth-order valence-electron chi connectivity index (χ4n) is 3.40. The van der Waals surface area contributed by atoms with Crippen molar-refractivity contribution in [1.29, 1.82) is 0 Å². The molecule has 0 aliphatic carbocycles. The number of aromatic nitrogens is 3. The van der Waals surface area contributed by atoms with Crippen molar-refractivity contribution in [3.05, 3.63) is 58.9 Å². The van der Waals surface area contributed by atoms with Crippen LogP contribution >= 0.6 is 0 Å². The number of carbonyl (C=O) groups is 1. The second-order valence-electron chi connectivity index (χ2n) is 6.72. The van der Waals surface area contributed by atoms with Crippen LogP contribution in [0.3, 0.4) is 0 Å². The van der Waals surface area contributed by atoms with E-state index in [4.69, 9.17) is 0 Å². The van der Waals surface area contributed by atoms with Crippen LogP contribution in [0.2, 0.25) is 0 Å². The number of benzene rings is 2. The van der Waals surface area contributed by atoms with Crippen molar-refractivity contribution in [2.75, 3.05) is 23.3 Å². The lowest BCUT2D eigenvalue weighted by molar-refractivity contribution is -0.117. The van der Waals surface area contributed by atoms with Gasteiger partial charge in [0.25, 0.3) is 5.56 Å². The van der Waals surface area contributed by atoms with Gasteiger partial charge in [0.05, 0.1) is 5.39 Å². The standard InChI is InChI=1S/C20H21N5O2/c26-19(14-25-20(27)17-9-2-3-10-18(17)22-23-25)21-15-7-6-8-16(13-15)24-11-4-1-5-12-24/h2-3,6-10,13H,1,4-5,11-12,14H2,(H,21,26). The number of fused-ring (bicyclic) bond motifs is 1. The smallest absolute Gasteiger partial charge is 0.278 e. The molecule has 2 heterocycles. The van der Waals surface area contributed by atoms with Crippen molar-refractivity contribution in [3.63, 3.8) is 0 Å². The van der Waals surface area contributed by atoms with E-state index in [1.165, 1.54) is 19.3 Å². The Morgan fingerprint density at radius 1 is 1.04 bits per heavy atom. The molecule has 7 nitrogen and oxygen atoms in total. The van der Waals surface area contributed by atoms with Crippen molar-refractivity contribution in [1.82, 2.24) is 15.0 Å². The summed E-state index contributed by atoms with van der Waals surface area (Å²) in [5.74, 6) is -0.308. The van der Waals surface area contributed by atoms with Gasteiger partial charge in [-0.3, -0.25) is 9.59 Å². The molecule has 1 N–H and O–H groups in total. The summed E-state index contributed by atoms with van der Waals surface area (Å²) in [5, 5.41) is 11.2. The molecule has 1 amide bonds. The Morgan fingerprint density at radius 2 is 1.85 bits per heavy atom. The number of hydrogen-bond donors (Lipinski definition) is 1. The van der Waals surface area contributed by atoms with E-state index in [0.717, 1.165) is 23.5 Å². The molecular formula is C20H21N5O2. The minimum absolute atomic E-state index is 0.176. The quantitative estimate of drug-likeness (QED) is 0.770. The third-order valence-electron chi connectivity index (χ3n) is 4.77. The van der Waals surface area contributed by atoms with E-state index in [9.17, 15) is 9.59 Å². The van der Waals surface area contributed by atoms with Gasteiger partial charge in [0.1, 0.15) is 12.1 Å². The first-order valence-electron chi connectivity index (χ1n) is 9.18. The minimum atomic E-state index is -0.321. The number of carbonyl (C=O) groups excluding carboxylic acids is 1. The SMILES string of the molecule is O=C(Cn1nnc2ccccc2c1=O)Nc1cccc(N2CCCCC2)c1. The van der Waals surface area contributed by atoms with Gasteiger partial charge >= 0.3 is 0 Å². The highest BCUT2D eigenvalue weighted by atomic mass is 16.2. The fraction of sp³-hybridized carbons (Fsp3) is 0.300. The molecule has 1 aliphatic heterocycles. The lowest BCUT2D eigenvalue weighted by atomic mass is 10.1. The van der Waals surface area contributed by atoms with Gasteiger partial charge in [-0.2, -0.15) is 0 Å². The van der Waals surface area contributed by atoms with Crippen molar-refractivity contribution >= 4 is 28.2 Å². The van der Waals surface area contributed by atoms with E-state index in [1.54, 1.807) is 24.3 Å². The van der Waals surface area contributed by atoms with Gasteiger partial charge in [-0.1, -0.05) is 23.4 Å². The number of nitrogens with zero attached hydrogens (tertiary/aromatic N) is 4. The Hall–Kier alpha value is -3.22. The van der Waals surface area contributed by atoms with Crippen LogP contribution in [0.25, 0.3) is 10.9 Å². The van der Waals surface area contributed by atoms with Crippen LogP contribution in [-0.4, -0.2) is 34.0 Å². The van der Waals surface area contributed by atoms with Gasteiger partial charge in [-0.15, -0.1) is 5.10 Å². The molecule has 0 spiro atoms. The zero-order valence-corrected chi connectivity index (χ0v) is 15.0. The molecule has 138 valence electrons. The van der Waals surface area contributed by atoms with Gasteiger partial charge in [0.15, 0.2) is 0 Å². The van der Waals surface area contributed by atoms with Crippen LogP contribution < -0.4 is 15.8 Å². The van der Waals surface area contributed by atoms with Gasteiger partial charge in [-0.05, 0) is 49.6 Å². The predicted octanol–water partition coefficient (Wildman–Crippen LogP) is 2.42. The Labute approximate surface area is 156 Å². The zero-order chi connectivity index (χ0) is 18.6. The number of piperidine rings is 1. The lowest BCUT2D eigenvalue weighted by Gasteiger charge is -2.29. The molecule has 27 heavy (non-hydrogen) atoms. The number of hydrogen-bond acceptors (Lipinski definition) is 5. The van der Waals surface area contributed by atoms with Crippen LogP contribution in [0.5, 0.6) is 0 Å². The average molecular weight is 363 g/mol. The molecule has 0 saturated carbocycles. The Morgan fingerprint density at radius 3 is 2.70 bits per heavy atom. The fourth-order valence-corrected chi connectivity index (χ4v) is 3.40. The Balaban J connectivity index is 1.48. The largest absolute Gasteiger partial charge is 0.371 e. The van der Waals surface area contributed by atoms with Crippen molar-refractivity contribution < 1.29 is 4.79 Å². The van der Waals surface area contributed by atoms with E-state index < -0.39 is 0 Å². The number of nitrogens with one attached hydrogen (secondary N) is 1. The van der Waals surface area contributed by atoms with Gasteiger partial charge in [-0.25, -0.2) is 4.68 Å². The highest BCUT2D eigenvalue weighted by molar-refractivity contribution is 5.91. The third-order valence-corrected chi connectivity index (χ3v) is 4.77. The number of rotatable bonds is 4. The molecule has 1 saturated heterocycles. The monoisotopic (exact) mass is 363 g/mol. The summed E-state index contributed by atoms with van der Waals surface area (Å²) in [6.07, 6.45) is 3.66. The average Bonchev–Trinajstić information content (AvgIpc) is 2.71. The molecule has 1 aromatic heterocycles. The molecule has 7 heteroatoms. The first-order valence-corrected chi connectivity index (χ1v) is 9.18. The van der Waals surface area contributed by atoms with E-state index >= 15 is 0 Å². The van der Waals surface area contributed by atoms with Gasteiger partial charge in [0.2, 0.25) is 5.91 Å². The molecule has 0 radical (unpaired) electrons. The molecule has 3 aromatic rings. The maximum absolute atomic E-state index is 12.5. The highest BCUT2D eigenvalue weighted by Gasteiger charge is 2.13. The molecule has 4 rings (SSSR count). The topological polar surface area (TPSA) is 80.1 Å². The normalized spacial score (nSPS) is 14.3. The molecule has 0 atom stereocenters. The maximum atomic E-state index is 12.5. The Bertz CT molecular complexity index is 1020. The molecule has 1 aliphatic rings. The number of anilines is 2. The summed E-state index contributed by atoms with van der Waals surface area (Å²) in [5.41, 5.74) is 2.02. The van der Waals surface area contributed by atoms with Crippen molar-refractivity contribution in [3.8, 4) is 0 Å². The minimum Gasteiger partial charge on any atom is -0.371 e. The molecule has 1 fully saturated rings. The van der Waals surface area contributed by atoms with E-state index in [2.05, 4.69) is 26.6 Å². The summed E-state index contributed by atoms with van der Waals surface area (Å²) in [4.78, 5) is 27.2. The van der Waals surface area contributed by atoms with Crippen LogP contribution in [0.4, 0.5) is 11.4 Å². The summed E-state index contributed by atoms with van der Waals surface area (Å²) >= 11 is 0. The lowest BCUT2D eigenvalue weighted by Crippen LogP contribution is -2.31. The molecule has 0 unspecified atom stereocenters. The first kappa shape index (κ1) is 17.2.